The number of anilines is 1. The number of ether oxygens (including phenoxy) is 2. The number of halogens is 1. The van der Waals surface area contributed by atoms with E-state index < -0.39 is 0 Å². The molecule has 0 aromatic heterocycles. The monoisotopic (exact) mass is 333 g/mol. The van der Waals surface area contributed by atoms with Crippen LogP contribution in [0.1, 0.15) is 12.0 Å². The smallest absolute Gasteiger partial charge is 0.166 e. The van der Waals surface area contributed by atoms with Gasteiger partial charge in [-0.1, -0.05) is 28.1 Å². The van der Waals surface area contributed by atoms with E-state index in [0.29, 0.717) is 13.2 Å². The summed E-state index contributed by atoms with van der Waals surface area (Å²) in [5.41, 5.74) is 2.20. The Labute approximate surface area is 127 Å². The largest absolute Gasteiger partial charge is 0.490 e. The Hall–Kier alpha value is -1.68. The van der Waals surface area contributed by atoms with E-state index in [9.17, 15) is 0 Å². The quantitative estimate of drug-likeness (QED) is 0.912. The first-order valence-corrected chi connectivity index (χ1v) is 7.49. The second-order valence-corrected chi connectivity index (χ2v) is 5.57. The van der Waals surface area contributed by atoms with Crippen LogP contribution in [-0.2, 0) is 6.54 Å². The Morgan fingerprint density at radius 1 is 1.00 bits per heavy atom. The molecule has 0 amide bonds. The number of hydrogen-bond acceptors (Lipinski definition) is 3. The molecule has 0 saturated heterocycles. The van der Waals surface area contributed by atoms with Crippen LogP contribution in [-0.4, -0.2) is 13.2 Å². The number of para-hydroxylation sites is 1. The maximum Gasteiger partial charge on any atom is 0.166 e. The minimum absolute atomic E-state index is 0.711. The Morgan fingerprint density at radius 2 is 1.80 bits per heavy atom. The fourth-order valence-electron chi connectivity index (χ4n) is 2.16. The molecule has 0 bridgehead atoms. The summed E-state index contributed by atoms with van der Waals surface area (Å²) in [4.78, 5) is 0. The van der Waals surface area contributed by atoms with Gasteiger partial charge in [0.15, 0.2) is 11.5 Å². The molecule has 0 atom stereocenters. The Morgan fingerprint density at radius 3 is 2.65 bits per heavy atom. The molecule has 3 nitrogen and oxygen atoms in total. The zero-order valence-corrected chi connectivity index (χ0v) is 12.7. The highest BCUT2D eigenvalue weighted by Crippen LogP contribution is 2.33. The lowest BCUT2D eigenvalue weighted by atomic mass is 10.1. The predicted octanol–water partition coefficient (Wildman–Crippen LogP) is 4.22. The van der Waals surface area contributed by atoms with Crippen molar-refractivity contribution in [3.05, 3.63) is 52.5 Å². The van der Waals surface area contributed by atoms with Gasteiger partial charge in [0.25, 0.3) is 0 Å². The van der Waals surface area contributed by atoms with E-state index in [1.807, 2.05) is 36.4 Å². The van der Waals surface area contributed by atoms with Crippen LogP contribution in [0.2, 0.25) is 0 Å². The molecule has 1 heterocycles. The van der Waals surface area contributed by atoms with Crippen LogP contribution in [0.15, 0.2) is 46.9 Å². The van der Waals surface area contributed by atoms with Crippen LogP contribution in [0.4, 0.5) is 5.69 Å². The summed E-state index contributed by atoms with van der Waals surface area (Å²) in [5.74, 6) is 1.72. The van der Waals surface area contributed by atoms with Gasteiger partial charge in [-0.15, -0.1) is 0 Å². The van der Waals surface area contributed by atoms with Crippen molar-refractivity contribution in [1.29, 1.82) is 0 Å². The van der Waals surface area contributed by atoms with Gasteiger partial charge in [-0.2, -0.15) is 0 Å². The second kappa shape index (κ2) is 6.18. The predicted molar refractivity (Wildman–Crippen MR) is 83.5 cm³/mol. The van der Waals surface area contributed by atoms with E-state index in [1.54, 1.807) is 0 Å². The molecule has 1 aliphatic heterocycles. The molecule has 2 aromatic rings. The van der Waals surface area contributed by atoms with Crippen LogP contribution >= 0.6 is 15.9 Å². The molecular formula is C16H16BrNO2. The highest BCUT2D eigenvalue weighted by Gasteiger charge is 2.13. The van der Waals surface area contributed by atoms with Crippen LogP contribution < -0.4 is 14.8 Å². The van der Waals surface area contributed by atoms with Gasteiger partial charge >= 0.3 is 0 Å². The van der Waals surface area contributed by atoms with Gasteiger partial charge in [-0.3, -0.25) is 0 Å². The minimum Gasteiger partial charge on any atom is -0.490 e. The SMILES string of the molecule is Brc1ccc(NCc2cccc3c2OCCCO3)cc1. The molecule has 1 aliphatic rings. The first kappa shape index (κ1) is 13.3. The van der Waals surface area contributed by atoms with Gasteiger partial charge in [-0.25, -0.2) is 0 Å². The van der Waals surface area contributed by atoms with Gasteiger partial charge in [0.1, 0.15) is 0 Å². The summed E-state index contributed by atoms with van der Waals surface area (Å²) >= 11 is 3.44. The summed E-state index contributed by atoms with van der Waals surface area (Å²) < 4.78 is 12.6. The lowest BCUT2D eigenvalue weighted by Gasteiger charge is -2.13. The molecule has 0 saturated carbocycles. The maximum atomic E-state index is 5.81. The third-order valence-electron chi connectivity index (χ3n) is 3.18. The number of fused-ring (bicyclic) bond motifs is 1. The lowest BCUT2D eigenvalue weighted by Crippen LogP contribution is -2.03. The molecule has 20 heavy (non-hydrogen) atoms. The van der Waals surface area contributed by atoms with E-state index in [2.05, 4.69) is 27.3 Å². The Bertz CT molecular complexity index is 584. The third-order valence-corrected chi connectivity index (χ3v) is 3.71. The number of nitrogens with one attached hydrogen (secondary N) is 1. The normalized spacial score (nSPS) is 13.7. The van der Waals surface area contributed by atoms with Crippen molar-refractivity contribution in [2.75, 3.05) is 18.5 Å². The molecule has 0 radical (unpaired) electrons. The van der Waals surface area contributed by atoms with Gasteiger partial charge in [0, 0.05) is 28.7 Å². The average Bonchev–Trinajstić information content (AvgIpc) is 2.72. The molecule has 0 spiro atoms. The van der Waals surface area contributed by atoms with Gasteiger partial charge in [0.05, 0.1) is 13.2 Å². The van der Waals surface area contributed by atoms with E-state index in [4.69, 9.17) is 9.47 Å². The van der Waals surface area contributed by atoms with E-state index in [0.717, 1.165) is 40.3 Å². The zero-order chi connectivity index (χ0) is 13.8. The Balaban J connectivity index is 1.75. The number of benzene rings is 2. The van der Waals surface area contributed by atoms with E-state index in [-0.39, 0.29) is 0 Å². The van der Waals surface area contributed by atoms with Crippen molar-refractivity contribution in [3.63, 3.8) is 0 Å². The highest BCUT2D eigenvalue weighted by atomic mass is 79.9. The molecule has 2 aromatic carbocycles. The first-order chi connectivity index (χ1) is 9.83. The fraction of sp³-hybridized carbons (Fsp3) is 0.250. The summed E-state index contributed by atoms with van der Waals surface area (Å²) in [6, 6.07) is 14.2. The summed E-state index contributed by atoms with van der Waals surface area (Å²) in [6.45, 7) is 2.15. The molecule has 4 heteroatoms. The van der Waals surface area contributed by atoms with Crippen LogP contribution in [0.5, 0.6) is 11.5 Å². The Kier molecular flexibility index (Phi) is 4.11. The molecule has 1 N–H and O–H groups in total. The lowest BCUT2D eigenvalue weighted by molar-refractivity contribution is 0.296. The van der Waals surface area contributed by atoms with Crippen molar-refractivity contribution in [2.24, 2.45) is 0 Å². The topological polar surface area (TPSA) is 30.5 Å². The van der Waals surface area contributed by atoms with E-state index in [1.165, 1.54) is 0 Å². The van der Waals surface area contributed by atoms with Gasteiger partial charge in [-0.05, 0) is 30.3 Å². The van der Waals surface area contributed by atoms with Crippen molar-refractivity contribution >= 4 is 21.6 Å². The highest BCUT2D eigenvalue weighted by molar-refractivity contribution is 9.10. The summed E-state index contributed by atoms with van der Waals surface area (Å²) in [6.07, 6.45) is 0.925. The van der Waals surface area contributed by atoms with Gasteiger partial charge < -0.3 is 14.8 Å². The van der Waals surface area contributed by atoms with Crippen molar-refractivity contribution in [1.82, 2.24) is 0 Å². The second-order valence-electron chi connectivity index (χ2n) is 4.66. The van der Waals surface area contributed by atoms with Crippen molar-refractivity contribution in [2.45, 2.75) is 13.0 Å². The summed E-state index contributed by atoms with van der Waals surface area (Å²) in [5, 5.41) is 3.40. The van der Waals surface area contributed by atoms with Crippen LogP contribution in [0.25, 0.3) is 0 Å². The molecule has 0 aliphatic carbocycles. The first-order valence-electron chi connectivity index (χ1n) is 6.70. The number of rotatable bonds is 3. The van der Waals surface area contributed by atoms with Crippen LogP contribution in [0, 0.1) is 0 Å². The van der Waals surface area contributed by atoms with Gasteiger partial charge in [0.2, 0.25) is 0 Å². The average molecular weight is 334 g/mol. The number of hydrogen-bond donors (Lipinski definition) is 1. The molecule has 0 unspecified atom stereocenters. The minimum atomic E-state index is 0.711. The molecule has 0 fully saturated rings. The van der Waals surface area contributed by atoms with Crippen LogP contribution in [0.3, 0.4) is 0 Å². The van der Waals surface area contributed by atoms with Crippen molar-refractivity contribution in [3.8, 4) is 11.5 Å². The standard InChI is InChI=1S/C16H16BrNO2/c17-13-5-7-14(8-6-13)18-11-12-3-1-4-15-16(12)20-10-2-9-19-15/h1,3-8,18H,2,9-11H2. The zero-order valence-electron chi connectivity index (χ0n) is 11.1. The third kappa shape index (κ3) is 3.07. The molecule has 104 valence electrons. The maximum absolute atomic E-state index is 5.81. The summed E-state index contributed by atoms with van der Waals surface area (Å²) in [7, 11) is 0. The fourth-order valence-corrected chi connectivity index (χ4v) is 2.42. The molecule has 3 rings (SSSR count). The van der Waals surface area contributed by atoms with E-state index >= 15 is 0 Å². The van der Waals surface area contributed by atoms with Crippen molar-refractivity contribution < 1.29 is 9.47 Å². The molecular weight excluding hydrogens is 318 g/mol.